The number of ketones is 1. The predicted octanol–water partition coefficient (Wildman–Crippen LogP) is 1.06. The first kappa shape index (κ1) is 14.3. The van der Waals surface area contributed by atoms with Gasteiger partial charge in [-0.1, -0.05) is 6.92 Å². The number of sulfonamides is 1. The summed E-state index contributed by atoms with van der Waals surface area (Å²) in [6, 6.07) is 4.62. The topological polar surface area (TPSA) is 72.9 Å². The molecule has 0 saturated carbocycles. The van der Waals surface area contributed by atoms with Gasteiger partial charge in [0.05, 0.1) is 4.90 Å². The number of Topliss-reactive ketones (excluding diaryl/α,β-unsaturated/α-hetero) is 1. The van der Waals surface area contributed by atoms with Gasteiger partial charge in [0, 0.05) is 31.5 Å². The molecule has 0 aliphatic carbocycles. The van der Waals surface area contributed by atoms with Crippen LogP contribution in [-0.4, -0.2) is 44.8 Å². The van der Waals surface area contributed by atoms with Crippen molar-refractivity contribution in [3.8, 4) is 11.5 Å². The standard InChI is InChI=1S/C14H17NO5S/c1-10-9-15(5-4-12(10)16)21(17,18)11-2-3-13-14(8-11)20-7-6-19-13/h2-3,8,10H,4-7,9H2,1H3. The molecule has 7 heteroatoms. The van der Waals surface area contributed by atoms with Crippen molar-refractivity contribution in [3.63, 3.8) is 0 Å². The van der Waals surface area contributed by atoms with Crippen LogP contribution in [0.2, 0.25) is 0 Å². The largest absolute Gasteiger partial charge is 0.486 e. The molecule has 0 amide bonds. The summed E-state index contributed by atoms with van der Waals surface area (Å²) in [6.07, 6.45) is 0.269. The van der Waals surface area contributed by atoms with Gasteiger partial charge in [0.1, 0.15) is 19.0 Å². The van der Waals surface area contributed by atoms with Gasteiger partial charge in [0.2, 0.25) is 10.0 Å². The minimum absolute atomic E-state index is 0.114. The highest BCUT2D eigenvalue weighted by atomic mass is 32.2. The zero-order valence-corrected chi connectivity index (χ0v) is 12.6. The minimum atomic E-state index is -3.61. The summed E-state index contributed by atoms with van der Waals surface area (Å²) in [6.45, 7) is 3.10. The minimum Gasteiger partial charge on any atom is -0.486 e. The molecule has 1 aromatic carbocycles. The molecule has 0 aromatic heterocycles. The van der Waals surface area contributed by atoms with E-state index in [4.69, 9.17) is 9.47 Å². The van der Waals surface area contributed by atoms with Crippen LogP contribution >= 0.6 is 0 Å². The highest BCUT2D eigenvalue weighted by molar-refractivity contribution is 7.89. The second-order valence-electron chi connectivity index (χ2n) is 5.29. The van der Waals surface area contributed by atoms with Crippen LogP contribution < -0.4 is 9.47 Å². The van der Waals surface area contributed by atoms with Crippen molar-refractivity contribution in [2.75, 3.05) is 26.3 Å². The molecule has 2 aliphatic heterocycles. The van der Waals surface area contributed by atoms with Gasteiger partial charge in [0.25, 0.3) is 0 Å². The lowest BCUT2D eigenvalue weighted by Gasteiger charge is -2.29. The molecule has 1 unspecified atom stereocenters. The van der Waals surface area contributed by atoms with Crippen LogP contribution in [0.4, 0.5) is 0 Å². The SMILES string of the molecule is CC1CN(S(=O)(=O)c2ccc3c(c2)OCCO3)CCC1=O. The molecule has 0 spiro atoms. The van der Waals surface area contributed by atoms with E-state index in [9.17, 15) is 13.2 Å². The summed E-state index contributed by atoms with van der Waals surface area (Å²) >= 11 is 0. The summed E-state index contributed by atoms with van der Waals surface area (Å²) in [5.41, 5.74) is 0. The summed E-state index contributed by atoms with van der Waals surface area (Å²) in [5.74, 6) is 0.861. The number of hydrogen-bond donors (Lipinski definition) is 0. The number of rotatable bonds is 2. The van der Waals surface area contributed by atoms with E-state index in [0.717, 1.165) is 0 Å². The third-order valence-corrected chi connectivity index (χ3v) is 5.65. The quantitative estimate of drug-likeness (QED) is 0.816. The Morgan fingerprint density at radius 1 is 1.19 bits per heavy atom. The van der Waals surface area contributed by atoms with E-state index in [2.05, 4.69) is 0 Å². The Kier molecular flexibility index (Phi) is 3.62. The van der Waals surface area contributed by atoms with Gasteiger partial charge < -0.3 is 9.47 Å². The van der Waals surface area contributed by atoms with Gasteiger partial charge in [-0.3, -0.25) is 4.79 Å². The van der Waals surface area contributed by atoms with E-state index >= 15 is 0 Å². The van der Waals surface area contributed by atoms with Crippen LogP contribution in [0.1, 0.15) is 13.3 Å². The van der Waals surface area contributed by atoms with Gasteiger partial charge >= 0.3 is 0 Å². The molecule has 1 saturated heterocycles. The fourth-order valence-electron chi connectivity index (χ4n) is 2.53. The lowest BCUT2D eigenvalue weighted by atomic mass is 10.0. The van der Waals surface area contributed by atoms with E-state index in [1.165, 1.54) is 16.4 Å². The zero-order valence-electron chi connectivity index (χ0n) is 11.7. The molecule has 0 bridgehead atoms. The normalized spacial score (nSPS) is 23.1. The summed E-state index contributed by atoms with van der Waals surface area (Å²) in [4.78, 5) is 11.7. The van der Waals surface area contributed by atoms with Crippen LogP contribution in [0.15, 0.2) is 23.1 Å². The van der Waals surface area contributed by atoms with E-state index in [1.807, 2.05) is 0 Å². The maximum atomic E-state index is 12.6. The number of carbonyl (C=O) groups is 1. The van der Waals surface area contributed by atoms with Crippen molar-refractivity contribution in [1.82, 2.24) is 4.31 Å². The first-order valence-electron chi connectivity index (χ1n) is 6.91. The van der Waals surface area contributed by atoms with Crippen molar-refractivity contribution in [3.05, 3.63) is 18.2 Å². The Balaban J connectivity index is 1.90. The third kappa shape index (κ3) is 2.63. The van der Waals surface area contributed by atoms with E-state index in [-0.39, 0.29) is 36.1 Å². The molecule has 3 rings (SSSR count). The number of ether oxygens (including phenoxy) is 2. The van der Waals surface area contributed by atoms with Crippen molar-refractivity contribution in [2.45, 2.75) is 18.2 Å². The molecule has 1 fully saturated rings. The molecular formula is C14H17NO5S. The molecule has 0 N–H and O–H groups in total. The molecular weight excluding hydrogens is 294 g/mol. The number of fused-ring (bicyclic) bond motifs is 1. The first-order chi connectivity index (χ1) is 9.98. The first-order valence-corrected chi connectivity index (χ1v) is 8.35. The summed E-state index contributed by atoms with van der Waals surface area (Å²) < 4.78 is 37.5. The third-order valence-electron chi connectivity index (χ3n) is 3.79. The van der Waals surface area contributed by atoms with Crippen molar-refractivity contribution >= 4 is 15.8 Å². The van der Waals surface area contributed by atoms with Gasteiger partial charge in [0.15, 0.2) is 11.5 Å². The van der Waals surface area contributed by atoms with Gasteiger partial charge in [-0.25, -0.2) is 8.42 Å². The van der Waals surface area contributed by atoms with Crippen molar-refractivity contribution < 1.29 is 22.7 Å². The zero-order chi connectivity index (χ0) is 15.0. The second kappa shape index (κ2) is 5.31. The molecule has 1 atom stereocenters. The lowest BCUT2D eigenvalue weighted by Crippen LogP contribution is -2.43. The van der Waals surface area contributed by atoms with Crippen molar-refractivity contribution in [1.29, 1.82) is 0 Å². The molecule has 0 radical (unpaired) electrons. The Hall–Kier alpha value is -1.60. The van der Waals surface area contributed by atoms with Gasteiger partial charge in [-0.15, -0.1) is 0 Å². The highest BCUT2D eigenvalue weighted by Crippen LogP contribution is 2.33. The Morgan fingerprint density at radius 2 is 1.90 bits per heavy atom. The predicted molar refractivity (Wildman–Crippen MR) is 75.0 cm³/mol. The van der Waals surface area contributed by atoms with Crippen LogP contribution in [-0.2, 0) is 14.8 Å². The van der Waals surface area contributed by atoms with Crippen molar-refractivity contribution in [2.24, 2.45) is 5.92 Å². The van der Waals surface area contributed by atoms with Gasteiger partial charge in [-0.05, 0) is 12.1 Å². The Labute approximate surface area is 123 Å². The molecule has 2 heterocycles. The number of benzene rings is 1. The van der Waals surface area contributed by atoms with Crippen LogP contribution in [0, 0.1) is 5.92 Å². The Bertz CT molecular complexity index is 670. The highest BCUT2D eigenvalue weighted by Gasteiger charge is 2.33. The number of hydrogen-bond acceptors (Lipinski definition) is 5. The van der Waals surface area contributed by atoms with Crippen LogP contribution in [0.3, 0.4) is 0 Å². The smallest absolute Gasteiger partial charge is 0.243 e. The average molecular weight is 311 g/mol. The fraction of sp³-hybridized carbons (Fsp3) is 0.500. The maximum Gasteiger partial charge on any atom is 0.243 e. The number of piperidine rings is 1. The van der Waals surface area contributed by atoms with E-state index in [1.54, 1.807) is 13.0 Å². The Morgan fingerprint density at radius 3 is 2.62 bits per heavy atom. The van der Waals surface area contributed by atoms with Crippen LogP contribution in [0.5, 0.6) is 11.5 Å². The summed E-state index contributed by atoms with van der Waals surface area (Å²) in [5, 5.41) is 0. The second-order valence-corrected chi connectivity index (χ2v) is 7.22. The monoisotopic (exact) mass is 311 g/mol. The fourth-order valence-corrected chi connectivity index (χ4v) is 4.08. The molecule has 2 aliphatic rings. The van der Waals surface area contributed by atoms with Gasteiger partial charge in [-0.2, -0.15) is 4.31 Å². The molecule has 21 heavy (non-hydrogen) atoms. The van der Waals surface area contributed by atoms with Crippen LogP contribution in [0.25, 0.3) is 0 Å². The molecule has 114 valence electrons. The molecule has 6 nitrogen and oxygen atoms in total. The van der Waals surface area contributed by atoms with E-state index < -0.39 is 10.0 Å². The summed E-state index contributed by atoms with van der Waals surface area (Å²) in [7, 11) is -3.61. The molecule has 1 aromatic rings. The number of carbonyl (C=O) groups excluding carboxylic acids is 1. The average Bonchev–Trinajstić information content (AvgIpc) is 2.49. The maximum absolute atomic E-state index is 12.6. The van der Waals surface area contributed by atoms with E-state index in [0.29, 0.717) is 24.7 Å². The lowest BCUT2D eigenvalue weighted by molar-refractivity contribution is -0.124. The number of nitrogens with zero attached hydrogens (tertiary/aromatic N) is 1.